The zero-order chi connectivity index (χ0) is 12.0. The first-order valence-corrected chi connectivity index (χ1v) is 5.01. The molecule has 1 amide bonds. The van der Waals surface area contributed by atoms with Crippen molar-refractivity contribution in [2.45, 2.75) is 13.8 Å². The summed E-state index contributed by atoms with van der Waals surface area (Å²) in [6.45, 7) is 4.59. The van der Waals surface area contributed by atoms with Crippen LogP contribution in [-0.2, 0) is 0 Å². The van der Waals surface area contributed by atoms with Gasteiger partial charge in [-0.2, -0.15) is 0 Å². The van der Waals surface area contributed by atoms with Crippen LogP contribution in [-0.4, -0.2) is 19.0 Å². The number of carbonyl (C=O) groups excluding carboxylic acids is 1. The monoisotopic (exact) mass is 218 g/mol. The summed E-state index contributed by atoms with van der Waals surface area (Å²) >= 11 is 0. The highest BCUT2D eigenvalue weighted by atomic mass is 16.1. The Bertz CT molecular complexity index is 436. The molecule has 16 heavy (non-hydrogen) atoms. The van der Waals surface area contributed by atoms with E-state index in [0.29, 0.717) is 12.1 Å². The molecule has 0 heterocycles. The number of amides is 1. The van der Waals surface area contributed by atoms with E-state index in [1.165, 1.54) is 0 Å². The molecule has 0 saturated carbocycles. The van der Waals surface area contributed by atoms with E-state index in [9.17, 15) is 4.79 Å². The van der Waals surface area contributed by atoms with E-state index in [2.05, 4.69) is 15.3 Å². The Morgan fingerprint density at radius 3 is 2.81 bits per heavy atom. The van der Waals surface area contributed by atoms with Crippen molar-refractivity contribution >= 4 is 5.91 Å². The van der Waals surface area contributed by atoms with Crippen LogP contribution in [0.4, 0.5) is 0 Å². The summed E-state index contributed by atoms with van der Waals surface area (Å²) in [4.78, 5) is 14.2. The molecule has 1 aromatic rings. The zero-order valence-corrected chi connectivity index (χ0v) is 9.40. The van der Waals surface area contributed by atoms with E-state index in [1.807, 2.05) is 26.0 Å². The van der Waals surface area contributed by atoms with Crippen LogP contribution in [0.25, 0.3) is 10.4 Å². The maximum Gasteiger partial charge on any atom is 0.251 e. The molecule has 5 heteroatoms. The van der Waals surface area contributed by atoms with Gasteiger partial charge >= 0.3 is 0 Å². The largest absolute Gasteiger partial charge is 0.352 e. The van der Waals surface area contributed by atoms with Gasteiger partial charge in [0.05, 0.1) is 0 Å². The van der Waals surface area contributed by atoms with Gasteiger partial charge < -0.3 is 5.32 Å². The fraction of sp³-hybridized carbons (Fsp3) is 0.364. The fourth-order valence-electron chi connectivity index (χ4n) is 1.25. The van der Waals surface area contributed by atoms with Crippen molar-refractivity contribution in [2.24, 2.45) is 5.11 Å². The predicted molar refractivity (Wildman–Crippen MR) is 62.3 cm³/mol. The smallest absolute Gasteiger partial charge is 0.251 e. The number of nitrogens with one attached hydrogen (secondary N) is 1. The zero-order valence-electron chi connectivity index (χ0n) is 9.40. The van der Waals surface area contributed by atoms with Crippen molar-refractivity contribution in [3.05, 3.63) is 45.3 Å². The van der Waals surface area contributed by atoms with E-state index in [1.54, 1.807) is 6.07 Å². The van der Waals surface area contributed by atoms with Gasteiger partial charge in [0.15, 0.2) is 0 Å². The quantitative estimate of drug-likeness (QED) is 0.358. The van der Waals surface area contributed by atoms with Gasteiger partial charge in [-0.3, -0.25) is 4.79 Å². The second-order valence-electron chi connectivity index (χ2n) is 3.51. The fourth-order valence-corrected chi connectivity index (χ4v) is 1.25. The van der Waals surface area contributed by atoms with Crippen molar-refractivity contribution in [2.75, 3.05) is 13.1 Å². The Kier molecular flexibility index (Phi) is 4.36. The molecule has 1 N–H and O–H groups in total. The Labute approximate surface area is 94.1 Å². The Hall–Kier alpha value is -2.00. The van der Waals surface area contributed by atoms with Crippen molar-refractivity contribution in [3.8, 4) is 0 Å². The lowest BCUT2D eigenvalue weighted by Gasteiger charge is -2.05. The molecule has 5 nitrogen and oxygen atoms in total. The summed E-state index contributed by atoms with van der Waals surface area (Å²) in [5.74, 6) is -0.142. The number of rotatable bonds is 4. The molecule has 1 rings (SSSR count). The second kappa shape index (κ2) is 5.78. The van der Waals surface area contributed by atoms with Gasteiger partial charge in [-0.05, 0) is 42.6 Å². The lowest BCUT2D eigenvalue weighted by molar-refractivity contribution is 0.0954. The third kappa shape index (κ3) is 3.29. The average molecular weight is 218 g/mol. The Morgan fingerprint density at radius 1 is 1.44 bits per heavy atom. The molecule has 0 unspecified atom stereocenters. The second-order valence-corrected chi connectivity index (χ2v) is 3.51. The van der Waals surface area contributed by atoms with E-state index in [0.717, 1.165) is 11.1 Å². The minimum Gasteiger partial charge on any atom is -0.352 e. The van der Waals surface area contributed by atoms with Crippen molar-refractivity contribution < 1.29 is 4.79 Å². The highest BCUT2D eigenvalue weighted by Gasteiger charge is 2.04. The summed E-state index contributed by atoms with van der Waals surface area (Å²) in [6, 6.07) is 5.54. The van der Waals surface area contributed by atoms with Crippen molar-refractivity contribution in [3.63, 3.8) is 0 Å². The third-order valence-electron chi connectivity index (χ3n) is 2.33. The minimum absolute atomic E-state index is 0.142. The first-order chi connectivity index (χ1) is 7.65. The van der Waals surface area contributed by atoms with E-state index in [4.69, 9.17) is 5.53 Å². The molecule has 0 radical (unpaired) electrons. The maximum absolute atomic E-state index is 11.6. The van der Waals surface area contributed by atoms with Crippen LogP contribution in [0.2, 0.25) is 0 Å². The molecule has 0 saturated heterocycles. The average Bonchev–Trinajstić information content (AvgIpc) is 2.28. The van der Waals surface area contributed by atoms with Gasteiger partial charge in [-0.1, -0.05) is 11.2 Å². The highest BCUT2D eigenvalue weighted by molar-refractivity contribution is 5.94. The summed E-state index contributed by atoms with van der Waals surface area (Å²) in [5, 5.41) is 6.01. The van der Waals surface area contributed by atoms with Gasteiger partial charge in [0.2, 0.25) is 0 Å². The number of carbonyl (C=O) groups is 1. The van der Waals surface area contributed by atoms with E-state index < -0.39 is 0 Å². The predicted octanol–water partition coefficient (Wildman–Crippen LogP) is 2.34. The number of aryl methyl sites for hydroxylation is 2. The molecular formula is C11H14N4O. The molecule has 84 valence electrons. The van der Waals surface area contributed by atoms with Crippen LogP contribution in [0, 0.1) is 13.8 Å². The Morgan fingerprint density at radius 2 is 2.19 bits per heavy atom. The van der Waals surface area contributed by atoms with Crippen LogP contribution < -0.4 is 5.32 Å². The van der Waals surface area contributed by atoms with E-state index >= 15 is 0 Å². The van der Waals surface area contributed by atoms with Gasteiger partial charge in [0.1, 0.15) is 0 Å². The summed E-state index contributed by atoms with van der Waals surface area (Å²) in [7, 11) is 0. The van der Waals surface area contributed by atoms with Crippen LogP contribution in [0.15, 0.2) is 23.3 Å². The standard InChI is InChI=1S/C11H14N4O/c1-8-3-4-10(7-9(8)2)11(16)13-5-6-14-15-12/h3-4,7H,5-6H2,1-2H3,(H,13,16). The van der Waals surface area contributed by atoms with Crippen LogP contribution in [0.1, 0.15) is 21.5 Å². The van der Waals surface area contributed by atoms with Crippen LogP contribution >= 0.6 is 0 Å². The molecular weight excluding hydrogens is 204 g/mol. The number of azide groups is 1. The lowest BCUT2D eigenvalue weighted by Crippen LogP contribution is -2.25. The molecule has 1 aromatic carbocycles. The van der Waals surface area contributed by atoms with Gasteiger partial charge in [-0.15, -0.1) is 0 Å². The van der Waals surface area contributed by atoms with Crippen LogP contribution in [0.5, 0.6) is 0 Å². The van der Waals surface area contributed by atoms with Gasteiger partial charge in [-0.25, -0.2) is 0 Å². The third-order valence-corrected chi connectivity index (χ3v) is 2.33. The lowest BCUT2D eigenvalue weighted by atomic mass is 10.1. The van der Waals surface area contributed by atoms with E-state index in [-0.39, 0.29) is 12.5 Å². The minimum atomic E-state index is -0.142. The molecule has 0 bridgehead atoms. The number of benzene rings is 1. The first-order valence-electron chi connectivity index (χ1n) is 5.01. The molecule has 0 fully saturated rings. The number of hydrogen-bond donors (Lipinski definition) is 1. The topological polar surface area (TPSA) is 77.9 Å². The first kappa shape index (κ1) is 12.1. The number of nitrogens with zero attached hydrogens (tertiary/aromatic N) is 3. The maximum atomic E-state index is 11.6. The van der Waals surface area contributed by atoms with Gasteiger partial charge in [0, 0.05) is 23.6 Å². The molecule has 0 aliphatic rings. The molecule has 0 aliphatic carbocycles. The summed E-state index contributed by atoms with van der Waals surface area (Å²) in [6.07, 6.45) is 0. The summed E-state index contributed by atoms with van der Waals surface area (Å²) < 4.78 is 0. The Balaban J connectivity index is 2.59. The highest BCUT2D eigenvalue weighted by Crippen LogP contribution is 2.09. The van der Waals surface area contributed by atoms with Crippen LogP contribution in [0.3, 0.4) is 0 Å². The molecule has 0 atom stereocenters. The van der Waals surface area contributed by atoms with Crippen molar-refractivity contribution in [1.29, 1.82) is 0 Å². The number of hydrogen-bond acceptors (Lipinski definition) is 2. The molecule has 0 spiro atoms. The van der Waals surface area contributed by atoms with Crippen molar-refractivity contribution in [1.82, 2.24) is 5.32 Å². The van der Waals surface area contributed by atoms with Gasteiger partial charge in [0.25, 0.3) is 5.91 Å². The normalized spacial score (nSPS) is 9.38. The summed E-state index contributed by atoms with van der Waals surface area (Å²) in [5.41, 5.74) is 10.9. The SMILES string of the molecule is Cc1ccc(C(=O)NCCN=[N+]=[N-])cc1C. The molecule has 0 aromatic heterocycles. The molecule has 0 aliphatic heterocycles.